The molecule has 0 radical (unpaired) electrons. The Hall–Kier alpha value is 0.350. The summed E-state index contributed by atoms with van der Waals surface area (Å²) >= 11 is 3.44. The van der Waals surface area contributed by atoms with Crippen molar-refractivity contribution in [2.45, 2.75) is 45.3 Å². The Balaban J connectivity index is 2.38. The zero-order valence-electron chi connectivity index (χ0n) is 10.5. The first-order valence-corrected chi connectivity index (χ1v) is 8.89. The molecular weight excluding hydrogens is 306 g/mol. The van der Waals surface area contributed by atoms with E-state index in [1.165, 1.54) is 0 Å². The van der Waals surface area contributed by atoms with Gasteiger partial charge in [-0.1, -0.05) is 22.4 Å². The van der Waals surface area contributed by atoms with Crippen molar-refractivity contribution in [1.82, 2.24) is 4.72 Å². The van der Waals surface area contributed by atoms with E-state index in [-0.39, 0.29) is 24.5 Å². The van der Waals surface area contributed by atoms with Crippen LogP contribution in [-0.2, 0) is 14.8 Å². The maximum absolute atomic E-state index is 11.8. The summed E-state index contributed by atoms with van der Waals surface area (Å²) in [6.07, 6.45) is 3.22. The van der Waals surface area contributed by atoms with Crippen LogP contribution in [0.3, 0.4) is 0 Å². The van der Waals surface area contributed by atoms with E-state index in [2.05, 4.69) is 20.7 Å². The smallest absolute Gasteiger partial charge is 0.214 e. The van der Waals surface area contributed by atoms with Gasteiger partial charge in [0.2, 0.25) is 10.0 Å². The molecular formula is C11H22BrNO3S. The fraction of sp³-hybridized carbons (Fsp3) is 1.00. The number of alkyl halides is 1. The lowest BCUT2D eigenvalue weighted by Gasteiger charge is -2.19. The summed E-state index contributed by atoms with van der Waals surface area (Å²) in [7, 11) is -3.20. The summed E-state index contributed by atoms with van der Waals surface area (Å²) in [5, 5.41) is 0.864. The van der Waals surface area contributed by atoms with E-state index in [0.717, 1.165) is 24.6 Å². The summed E-state index contributed by atoms with van der Waals surface area (Å²) in [6.45, 7) is 4.06. The van der Waals surface area contributed by atoms with Crippen LogP contribution in [0.25, 0.3) is 0 Å². The van der Waals surface area contributed by atoms with Gasteiger partial charge in [0, 0.05) is 11.4 Å². The molecule has 0 aromatic heterocycles. The molecule has 1 saturated carbocycles. The second-order valence-electron chi connectivity index (χ2n) is 4.81. The predicted molar refractivity (Wildman–Crippen MR) is 72.9 cm³/mol. The zero-order valence-corrected chi connectivity index (χ0v) is 12.9. The monoisotopic (exact) mass is 327 g/mol. The minimum atomic E-state index is -3.20. The molecule has 0 aliphatic heterocycles. The average molecular weight is 328 g/mol. The van der Waals surface area contributed by atoms with Gasteiger partial charge in [0.1, 0.15) is 0 Å². The molecule has 1 aliphatic carbocycles. The van der Waals surface area contributed by atoms with Crippen molar-refractivity contribution in [3.63, 3.8) is 0 Å². The molecule has 0 amide bonds. The van der Waals surface area contributed by atoms with Crippen LogP contribution in [0.4, 0.5) is 0 Å². The lowest BCUT2D eigenvalue weighted by atomic mass is 10.1. The van der Waals surface area contributed by atoms with Crippen molar-refractivity contribution < 1.29 is 13.2 Å². The third-order valence-electron chi connectivity index (χ3n) is 2.99. The van der Waals surface area contributed by atoms with Crippen molar-refractivity contribution in [3.8, 4) is 0 Å². The molecule has 0 bridgehead atoms. The van der Waals surface area contributed by atoms with Crippen LogP contribution >= 0.6 is 15.9 Å². The van der Waals surface area contributed by atoms with Crippen LogP contribution in [0.15, 0.2) is 0 Å². The molecule has 4 nitrogen and oxygen atoms in total. The summed E-state index contributed by atoms with van der Waals surface area (Å²) in [5.41, 5.74) is 0. The molecule has 1 aliphatic rings. The van der Waals surface area contributed by atoms with Gasteiger partial charge in [0.05, 0.1) is 18.5 Å². The highest BCUT2D eigenvalue weighted by molar-refractivity contribution is 9.09. The van der Waals surface area contributed by atoms with Gasteiger partial charge >= 0.3 is 0 Å². The highest BCUT2D eigenvalue weighted by Gasteiger charge is 2.29. The van der Waals surface area contributed by atoms with Gasteiger partial charge < -0.3 is 4.74 Å². The molecule has 0 aromatic carbocycles. The Kier molecular flexibility index (Phi) is 6.40. The number of hydrogen-bond donors (Lipinski definition) is 1. The van der Waals surface area contributed by atoms with E-state index in [1.54, 1.807) is 0 Å². The normalized spacial score (nSPS) is 25.6. The van der Waals surface area contributed by atoms with Gasteiger partial charge in [-0.25, -0.2) is 13.1 Å². The number of hydrogen-bond acceptors (Lipinski definition) is 3. The van der Waals surface area contributed by atoms with Crippen LogP contribution in [0.2, 0.25) is 0 Å². The lowest BCUT2D eigenvalue weighted by molar-refractivity contribution is 0.0911. The minimum Gasteiger partial charge on any atom is -0.378 e. The predicted octanol–water partition coefficient (Wildman–Crippen LogP) is 1.89. The summed E-state index contributed by atoms with van der Waals surface area (Å²) < 4.78 is 31.7. The molecule has 0 aromatic rings. The van der Waals surface area contributed by atoms with Crippen molar-refractivity contribution >= 4 is 26.0 Å². The Morgan fingerprint density at radius 3 is 2.71 bits per heavy atom. The number of sulfonamides is 1. The third-order valence-corrected chi connectivity index (χ3v) is 5.19. The molecule has 6 heteroatoms. The van der Waals surface area contributed by atoms with Crippen LogP contribution in [-0.4, -0.2) is 38.3 Å². The van der Waals surface area contributed by atoms with Crippen molar-refractivity contribution in [3.05, 3.63) is 0 Å². The summed E-state index contributed by atoms with van der Waals surface area (Å²) in [4.78, 5) is 0. The third kappa shape index (κ3) is 5.68. The van der Waals surface area contributed by atoms with E-state index >= 15 is 0 Å². The molecule has 0 saturated heterocycles. The van der Waals surface area contributed by atoms with Gasteiger partial charge in [-0.15, -0.1) is 0 Å². The molecule has 2 atom stereocenters. The fourth-order valence-corrected chi connectivity index (χ4v) is 4.04. The van der Waals surface area contributed by atoms with Crippen LogP contribution in [0, 0.1) is 5.92 Å². The second kappa shape index (κ2) is 7.07. The zero-order chi connectivity index (χ0) is 12.9. The lowest BCUT2D eigenvalue weighted by Crippen LogP contribution is -2.40. The van der Waals surface area contributed by atoms with Crippen molar-refractivity contribution in [1.29, 1.82) is 0 Å². The highest BCUT2D eigenvalue weighted by atomic mass is 79.9. The van der Waals surface area contributed by atoms with Crippen LogP contribution < -0.4 is 4.72 Å². The van der Waals surface area contributed by atoms with E-state index in [4.69, 9.17) is 4.74 Å². The van der Waals surface area contributed by atoms with E-state index < -0.39 is 10.0 Å². The quantitative estimate of drug-likeness (QED) is 0.726. The summed E-state index contributed by atoms with van der Waals surface area (Å²) in [6, 6.07) is 0.0958. The highest BCUT2D eigenvalue weighted by Crippen LogP contribution is 2.27. The number of halogens is 1. The molecule has 102 valence electrons. The minimum absolute atomic E-state index is 0.0523. The second-order valence-corrected chi connectivity index (χ2v) is 7.33. The van der Waals surface area contributed by atoms with Crippen molar-refractivity contribution in [2.24, 2.45) is 5.92 Å². The fourth-order valence-electron chi connectivity index (χ4n) is 2.06. The molecule has 0 heterocycles. The van der Waals surface area contributed by atoms with Crippen molar-refractivity contribution in [2.75, 3.05) is 17.7 Å². The van der Waals surface area contributed by atoms with Crippen LogP contribution in [0.5, 0.6) is 0 Å². The SMILES string of the molecule is CC(C)OCCS(=O)(=O)NC1CCCC1CBr. The topological polar surface area (TPSA) is 55.4 Å². The molecule has 1 N–H and O–H groups in total. The first-order valence-electron chi connectivity index (χ1n) is 6.12. The maximum atomic E-state index is 11.8. The van der Waals surface area contributed by atoms with E-state index in [1.807, 2.05) is 13.8 Å². The molecule has 1 rings (SSSR count). The van der Waals surface area contributed by atoms with Gasteiger partial charge in [-0.2, -0.15) is 0 Å². The largest absolute Gasteiger partial charge is 0.378 e. The number of nitrogens with one attached hydrogen (secondary N) is 1. The Labute approximate surface area is 113 Å². The Morgan fingerprint density at radius 2 is 2.12 bits per heavy atom. The Bertz CT molecular complexity index is 319. The number of ether oxygens (including phenoxy) is 1. The first kappa shape index (κ1) is 15.4. The van der Waals surface area contributed by atoms with Gasteiger partial charge in [-0.3, -0.25) is 0 Å². The summed E-state index contributed by atoms with van der Waals surface area (Å²) in [5.74, 6) is 0.479. The van der Waals surface area contributed by atoms with Crippen LogP contribution in [0.1, 0.15) is 33.1 Å². The number of rotatable bonds is 7. The first-order chi connectivity index (χ1) is 7.94. The van der Waals surface area contributed by atoms with Gasteiger partial charge in [0.25, 0.3) is 0 Å². The van der Waals surface area contributed by atoms with E-state index in [0.29, 0.717) is 5.92 Å². The van der Waals surface area contributed by atoms with Gasteiger partial charge in [-0.05, 0) is 32.6 Å². The molecule has 2 unspecified atom stereocenters. The average Bonchev–Trinajstić information content (AvgIpc) is 2.63. The standard InChI is InChI=1S/C11H22BrNO3S/c1-9(2)16-6-7-17(14,15)13-11-5-3-4-10(11)8-12/h9-11,13H,3-8H2,1-2H3. The maximum Gasteiger partial charge on any atom is 0.214 e. The molecule has 17 heavy (non-hydrogen) atoms. The van der Waals surface area contributed by atoms with Gasteiger partial charge in [0.15, 0.2) is 0 Å². The Morgan fingerprint density at radius 1 is 1.41 bits per heavy atom. The van der Waals surface area contributed by atoms with E-state index in [9.17, 15) is 8.42 Å². The molecule has 1 fully saturated rings. The molecule has 0 spiro atoms.